The number of benzene rings is 1. The molecule has 10 heteroatoms. The number of hydrogen-bond acceptors (Lipinski definition) is 3. The lowest BCUT2D eigenvalue weighted by Gasteiger charge is -2.07. The Labute approximate surface area is 124 Å². The Morgan fingerprint density at radius 1 is 1.18 bits per heavy atom. The van der Waals surface area contributed by atoms with E-state index in [1.807, 2.05) is 5.10 Å². The molecular formula is C12H6F4N4OS. The molecule has 22 heavy (non-hydrogen) atoms. The van der Waals surface area contributed by atoms with Gasteiger partial charge < -0.3 is 0 Å². The van der Waals surface area contributed by atoms with Crippen LogP contribution in [0.2, 0.25) is 0 Å². The van der Waals surface area contributed by atoms with E-state index in [0.29, 0.717) is 4.52 Å². The smallest absolute Gasteiger partial charge is 0.283 e. The van der Waals surface area contributed by atoms with Crippen molar-refractivity contribution in [2.24, 2.45) is 0 Å². The zero-order chi connectivity index (χ0) is 16.1. The van der Waals surface area contributed by atoms with Crippen LogP contribution in [0, 0.1) is 10.6 Å². The maximum atomic E-state index is 13.2. The average molecular weight is 330 g/mol. The van der Waals surface area contributed by atoms with Gasteiger partial charge in [0.2, 0.25) is 4.77 Å². The van der Waals surface area contributed by atoms with E-state index in [9.17, 15) is 22.4 Å². The zero-order valence-corrected chi connectivity index (χ0v) is 11.3. The fourth-order valence-corrected chi connectivity index (χ4v) is 2.24. The van der Waals surface area contributed by atoms with Gasteiger partial charge in [0.05, 0.1) is 5.56 Å². The second-order valence-electron chi connectivity index (χ2n) is 4.37. The van der Waals surface area contributed by atoms with Gasteiger partial charge in [-0.2, -0.15) is 22.7 Å². The van der Waals surface area contributed by atoms with E-state index in [4.69, 9.17) is 12.2 Å². The first-order valence-corrected chi connectivity index (χ1v) is 6.26. The summed E-state index contributed by atoms with van der Waals surface area (Å²) >= 11 is 4.72. The summed E-state index contributed by atoms with van der Waals surface area (Å²) in [5.74, 6) is -0.598. The molecule has 0 spiro atoms. The summed E-state index contributed by atoms with van der Waals surface area (Å²) in [5.41, 5.74) is -2.65. The van der Waals surface area contributed by atoms with E-state index in [-0.39, 0.29) is 21.5 Å². The van der Waals surface area contributed by atoms with Gasteiger partial charge in [-0.3, -0.25) is 10.1 Å². The third-order valence-electron chi connectivity index (χ3n) is 2.95. The van der Waals surface area contributed by atoms with Crippen molar-refractivity contribution >= 4 is 17.9 Å². The average Bonchev–Trinajstić information content (AvgIpc) is 2.79. The minimum Gasteiger partial charge on any atom is -0.283 e. The third kappa shape index (κ3) is 2.30. The second-order valence-corrected chi connectivity index (χ2v) is 4.76. The SMILES string of the molecule is O=c1[nH]c(=S)nc2c(-c3ccc(F)cc3)c(C(F)(F)F)[nH]n12. The maximum absolute atomic E-state index is 13.2. The number of nitrogens with zero attached hydrogens (tertiary/aromatic N) is 2. The predicted molar refractivity (Wildman–Crippen MR) is 71.4 cm³/mol. The van der Waals surface area contributed by atoms with Crippen molar-refractivity contribution in [1.29, 1.82) is 0 Å². The Morgan fingerprint density at radius 2 is 1.82 bits per heavy atom. The van der Waals surface area contributed by atoms with Crippen molar-refractivity contribution in [2.45, 2.75) is 6.18 Å². The number of rotatable bonds is 1. The first kappa shape index (κ1) is 14.4. The molecule has 3 aromatic rings. The molecule has 2 aromatic heterocycles. The molecule has 0 saturated heterocycles. The second kappa shape index (κ2) is 4.77. The van der Waals surface area contributed by atoms with Crippen molar-refractivity contribution in [3.05, 3.63) is 51.0 Å². The van der Waals surface area contributed by atoms with Gasteiger partial charge in [-0.15, -0.1) is 0 Å². The van der Waals surface area contributed by atoms with Gasteiger partial charge in [0.15, 0.2) is 5.65 Å². The Balaban J connectivity index is 2.47. The van der Waals surface area contributed by atoms with Crippen LogP contribution in [0.5, 0.6) is 0 Å². The summed E-state index contributed by atoms with van der Waals surface area (Å²) in [6, 6.07) is 4.36. The molecule has 114 valence electrons. The van der Waals surface area contributed by atoms with Crippen molar-refractivity contribution in [1.82, 2.24) is 19.6 Å². The molecule has 0 aliphatic carbocycles. The first-order chi connectivity index (χ1) is 10.3. The summed E-state index contributed by atoms with van der Waals surface area (Å²) in [7, 11) is 0. The molecule has 0 unspecified atom stereocenters. The number of fused-ring (bicyclic) bond motifs is 1. The largest absolute Gasteiger partial charge is 0.433 e. The minimum absolute atomic E-state index is 0.0555. The molecule has 2 N–H and O–H groups in total. The van der Waals surface area contributed by atoms with Crippen molar-refractivity contribution in [3.63, 3.8) is 0 Å². The fraction of sp³-hybridized carbons (Fsp3) is 0.0833. The summed E-state index contributed by atoms with van der Waals surface area (Å²) in [4.78, 5) is 17.6. The maximum Gasteiger partial charge on any atom is 0.433 e. The van der Waals surface area contributed by atoms with E-state index < -0.39 is 23.4 Å². The van der Waals surface area contributed by atoms with Crippen LogP contribution >= 0.6 is 12.2 Å². The monoisotopic (exact) mass is 330 g/mol. The van der Waals surface area contributed by atoms with E-state index in [0.717, 1.165) is 12.1 Å². The lowest BCUT2D eigenvalue weighted by Crippen LogP contribution is -2.19. The molecule has 1 aromatic carbocycles. The highest BCUT2D eigenvalue weighted by atomic mass is 32.1. The van der Waals surface area contributed by atoms with Gasteiger partial charge >= 0.3 is 11.9 Å². The summed E-state index contributed by atoms with van der Waals surface area (Å²) in [6.45, 7) is 0. The van der Waals surface area contributed by atoms with Crippen LogP contribution in [-0.4, -0.2) is 19.6 Å². The van der Waals surface area contributed by atoms with Crippen LogP contribution in [0.4, 0.5) is 17.6 Å². The number of hydrogen-bond donors (Lipinski definition) is 2. The van der Waals surface area contributed by atoms with Crippen LogP contribution in [0.3, 0.4) is 0 Å². The minimum atomic E-state index is -4.76. The number of nitrogens with one attached hydrogen (secondary N) is 2. The molecular weight excluding hydrogens is 324 g/mol. The summed E-state index contributed by atoms with van der Waals surface area (Å²) in [6.07, 6.45) is -4.76. The molecule has 0 amide bonds. The molecule has 2 heterocycles. The molecule has 0 fully saturated rings. The van der Waals surface area contributed by atoms with Gasteiger partial charge in [-0.05, 0) is 29.9 Å². The topological polar surface area (TPSA) is 66.0 Å². The molecule has 5 nitrogen and oxygen atoms in total. The predicted octanol–water partition coefficient (Wildman–Crippen LogP) is 2.91. The van der Waals surface area contributed by atoms with Gasteiger partial charge in [-0.1, -0.05) is 12.1 Å². The van der Waals surface area contributed by atoms with Gasteiger partial charge in [-0.25, -0.2) is 9.18 Å². The van der Waals surface area contributed by atoms with Crippen LogP contribution in [0.15, 0.2) is 29.1 Å². The number of halogens is 4. The van der Waals surface area contributed by atoms with Crippen molar-refractivity contribution < 1.29 is 17.6 Å². The molecule has 0 atom stereocenters. The quantitative estimate of drug-likeness (QED) is 0.533. The van der Waals surface area contributed by atoms with E-state index in [2.05, 4.69) is 9.97 Å². The standard InChI is InChI=1S/C12H6F4N4OS/c13-6-3-1-5(2-4-6)7-8(12(14,15)16)19-20-9(7)17-10(22)18-11(20)21/h1-4,19H,(H,18,21,22). The molecule has 0 aliphatic rings. The molecule has 0 radical (unpaired) electrons. The summed E-state index contributed by atoms with van der Waals surface area (Å²) in [5, 5.41) is 1.96. The first-order valence-electron chi connectivity index (χ1n) is 5.85. The fourth-order valence-electron chi connectivity index (χ4n) is 2.06. The highest BCUT2D eigenvalue weighted by Crippen LogP contribution is 2.37. The Morgan fingerprint density at radius 3 is 2.41 bits per heavy atom. The van der Waals surface area contributed by atoms with Crippen LogP contribution < -0.4 is 5.69 Å². The van der Waals surface area contributed by atoms with Gasteiger partial charge in [0.25, 0.3) is 0 Å². The van der Waals surface area contributed by atoms with Gasteiger partial charge in [0.1, 0.15) is 11.5 Å². The molecule has 0 aliphatic heterocycles. The van der Waals surface area contributed by atoms with Crippen molar-refractivity contribution in [2.75, 3.05) is 0 Å². The number of aromatic amines is 2. The Hall–Kier alpha value is -2.49. The highest BCUT2D eigenvalue weighted by Gasteiger charge is 2.38. The lowest BCUT2D eigenvalue weighted by atomic mass is 10.1. The van der Waals surface area contributed by atoms with Gasteiger partial charge in [0, 0.05) is 0 Å². The zero-order valence-electron chi connectivity index (χ0n) is 10.5. The number of alkyl halides is 3. The van der Waals surface area contributed by atoms with Crippen LogP contribution in [-0.2, 0) is 6.18 Å². The number of aromatic nitrogens is 4. The summed E-state index contributed by atoms with van der Waals surface area (Å²) < 4.78 is 52.9. The number of H-pyrrole nitrogens is 2. The van der Waals surface area contributed by atoms with Crippen LogP contribution in [0.1, 0.15) is 5.69 Å². The van der Waals surface area contributed by atoms with E-state index in [1.165, 1.54) is 12.1 Å². The normalized spacial score (nSPS) is 12.0. The molecule has 0 saturated carbocycles. The van der Waals surface area contributed by atoms with Crippen molar-refractivity contribution in [3.8, 4) is 11.1 Å². The van der Waals surface area contributed by atoms with E-state index >= 15 is 0 Å². The molecule has 3 rings (SSSR count). The molecule has 0 bridgehead atoms. The highest BCUT2D eigenvalue weighted by molar-refractivity contribution is 7.71. The third-order valence-corrected chi connectivity index (χ3v) is 3.14. The lowest BCUT2D eigenvalue weighted by molar-refractivity contribution is -0.140. The Bertz CT molecular complexity index is 968. The van der Waals surface area contributed by atoms with Crippen LogP contribution in [0.25, 0.3) is 16.8 Å². The van der Waals surface area contributed by atoms with E-state index in [1.54, 1.807) is 0 Å². The Kier molecular flexibility index (Phi) is 3.13.